The van der Waals surface area contributed by atoms with Crippen molar-refractivity contribution in [2.24, 2.45) is 0 Å². The molecule has 0 saturated carbocycles. The van der Waals surface area contributed by atoms with Gasteiger partial charge in [0, 0.05) is 26.2 Å². The summed E-state index contributed by atoms with van der Waals surface area (Å²) >= 11 is 5.19. The van der Waals surface area contributed by atoms with E-state index in [4.69, 9.17) is 54.2 Å². The standard InChI is InChI=1S/C27H29NO8.C22H22O6.C5H8ClNO2/c1-32-23-10-6-19(16-25(23)33-2)4-8-21(29)18-22(30)9-5-20-7-11-24(26(17-20)34-3)36-27(31)28-12-14-35-15-13-28;1-26-20-11-7-16(13-22(20)28-3)5-9-18(24)14-17(23)8-4-15-6-10-19(25)21(12-15)27-2;6-5(8)7-1-3-9-4-2-7/h4-11,16-17H,12-15,18H2,1-3H3;4-13,25H,14H2,1-3H3;1-4H2/b2*8-4+,9-5+;. The smallest absolute Gasteiger partial charge is 0.415 e. The van der Waals surface area contributed by atoms with Crippen LogP contribution in [0.3, 0.4) is 0 Å². The maximum atomic E-state index is 12.3. The Morgan fingerprint density at radius 3 is 1.12 bits per heavy atom. The fraction of sp³-hybridized carbons (Fsp3) is 0.296. The van der Waals surface area contributed by atoms with Crippen molar-refractivity contribution < 1.29 is 76.5 Å². The molecule has 2 aliphatic heterocycles. The Morgan fingerprint density at radius 1 is 0.466 bits per heavy atom. The Bertz CT molecular complexity index is 2650. The summed E-state index contributed by atoms with van der Waals surface area (Å²) in [7, 11) is 9.06. The number of nitrogens with zero attached hydrogens (tertiary/aromatic N) is 2. The highest BCUT2D eigenvalue weighted by Crippen LogP contribution is 2.31. The summed E-state index contributed by atoms with van der Waals surface area (Å²) in [5, 5.41) is 9.19. The molecular formula is C54H59ClN2O16. The summed E-state index contributed by atoms with van der Waals surface area (Å²) < 4.78 is 46.8. The SMILES string of the molecule is COc1cc(/C=C/C(=O)CC(=O)/C=C/c2ccc(OC)c(OC)c2)ccc1O.COc1ccc(/C=C/C(=O)CC(=O)/C=C/c2ccc(OC(=O)N3CCOCC3)c(OC)c2)cc1OC.O=C(Cl)N1CCOCC1. The molecule has 6 rings (SSSR count). The number of amides is 2. The molecule has 0 aliphatic carbocycles. The summed E-state index contributed by atoms with van der Waals surface area (Å²) in [6.07, 6.45) is 10.8. The van der Waals surface area contributed by atoms with E-state index in [2.05, 4.69) is 0 Å². The molecular weight excluding hydrogens is 968 g/mol. The summed E-state index contributed by atoms with van der Waals surface area (Å²) in [6.45, 7) is 4.34. The van der Waals surface area contributed by atoms with Crippen LogP contribution in [0.5, 0.6) is 46.0 Å². The predicted octanol–water partition coefficient (Wildman–Crippen LogP) is 8.15. The molecule has 4 aromatic rings. The zero-order valence-electron chi connectivity index (χ0n) is 41.5. The number of benzene rings is 4. The van der Waals surface area contributed by atoms with Gasteiger partial charge in [0.05, 0.1) is 81.9 Å². The Balaban J connectivity index is 0.000000275. The minimum Gasteiger partial charge on any atom is -0.504 e. The number of phenols is 1. The fourth-order valence-corrected chi connectivity index (χ4v) is 6.73. The number of carbonyl (C=O) groups is 6. The van der Waals surface area contributed by atoms with Crippen LogP contribution in [0, 0.1) is 0 Å². The van der Waals surface area contributed by atoms with Crippen molar-refractivity contribution in [3.8, 4) is 46.0 Å². The third kappa shape index (κ3) is 19.7. The molecule has 2 amide bonds. The van der Waals surface area contributed by atoms with Crippen LogP contribution in [0.4, 0.5) is 9.59 Å². The number of aromatic hydroxyl groups is 1. The van der Waals surface area contributed by atoms with E-state index in [-0.39, 0.29) is 52.8 Å². The van der Waals surface area contributed by atoms with E-state index < -0.39 is 6.09 Å². The zero-order chi connectivity index (χ0) is 53.1. The van der Waals surface area contributed by atoms with E-state index in [9.17, 15) is 33.9 Å². The molecule has 0 atom stereocenters. The van der Waals surface area contributed by atoms with Gasteiger partial charge in [-0.2, -0.15) is 0 Å². The van der Waals surface area contributed by atoms with Gasteiger partial charge in [-0.3, -0.25) is 24.0 Å². The lowest BCUT2D eigenvalue weighted by Crippen LogP contribution is -2.42. The van der Waals surface area contributed by atoms with Crippen LogP contribution in [0.25, 0.3) is 24.3 Å². The van der Waals surface area contributed by atoms with Crippen molar-refractivity contribution in [3.63, 3.8) is 0 Å². The van der Waals surface area contributed by atoms with Gasteiger partial charge in [-0.1, -0.05) is 48.6 Å². The number of hydrogen-bond acceptors (Lipinski definition) is 16. The lowest BCUT2D eigenvalue weighted by atomic mass is 10.1. The minimum atomic E-state index is -0.477. The first-order valence-electron chi connectivity index (χ1n) is 22.6. The predicted molar refractivity (Wildman–Crippen MR) is 274 cm³/mol. The third-order valence-electron chi connectivity index (χ3n) is 10.5. The van der Waals surface area contributed by atoms with Crippen LogP contribution < -0.4 is 33.2 Å². The number of allylic oxidation sites excluding steroid dienone is 4. The largest absolute Gasteiger partial charge is 0.504 e. The minimum absolute atomic E-state index is 0.0152. The second-order valence-corrected chi connectivity index (χ2v) is 15.8. The molecule has 73 heavy (non-hydrogen) atoms. The third-order valence-corrected chi connectivity index (χ3v) is 10.7. The van der Waals surface area contributed by atoms with E-state index in [1.165, 1.54) is 58.8 Å². The normalized spacial score (nSPS) is 13.4. The fourth-order valence-electron chi connectivity index (χ4n) is 6.56. The van der Waals surface area contributed by atoms with Crippen LogP contribution >= 0.6 is 11.6 Å². The van der Waals surface area contributed by atoms with E-state index in [1.807, 2.05) is 0 Å². The van der Waals surface area contributed by atoms with Crippen molar-refractivity contribution in [1.82, 2.24) is 9.80 Å². The Morgan fingerprint density at radius 2 is 0.781 bits per heavy atom. The molecule has 0 radical (unpaired) electrons. The van der Waals surface area contributed by atoms with E-state index in [0.29, 0.717) is 98.2 Å². The molecule has 0 bridgehead atoms. The maximum absolute atomic E-state index is 12.3. The monoisotopic (exact) mass is 1030 g/mol. The molecule has 2 fully saturated rings. The number of hydrogen-bond donors (Lipinski definition) is 1. The topological polar surface area (TPSA) is 212 Å². The number of halogens is 1. The number of rotatable bonds is 19. The number of methoxy groups -OCH3 is 6. The van der Waals surface area contributed by atoms with Gasteiger partial charge in [-0.25, -0.2) is 4.79 Å². The summed E-state index contributed by atoms with van der Waals surface area (Å²) in [5.41, 5.74) is 2.83. The molecule has 2 heterocycles. The Labute approximate surface area is 428 Å². The van der Waals surface area contributed by atoms with Crippen molar-refractivity contribution >= 4 is 70.5 Å². The molecule has 388 valence electrons. The molecule has 0 unspecified atom stereocenters. The van der Waals surface area contributed by atoms with Crippen molar-refractivity contribution in [1.29, 1.82) is 0 Å². The van der Waals surface area contributed by atoms with Crippen LogP contribution in [-0.2, 0) is 28.7 Å². The molecule has 19 heteroatoms. The second kappa shape index (κ2) is 30.7. The second-order valence-electron chi connectivity index (χ2n) is 15.4. The van der Waals surface area contributed by atoms with Crippen molar-refractivity contribution in [2.45, 2.75) is 12.8 Å². The number of carbonyl (C=O) groups excluding carboxylic acids is 6. The lowest BCUT2D eigenvalue weighted by Gasteiger charge is -2.26. The van der Waals surface area contributed by atoms with E-state index in [1.54, 1.807) is 115 Å². The molecule has 18 nitrogen and oxygen atoms in total. The van der Waals surface area contributed by atoms with Gasteiger partial charge < -0.3 is 57.5 Å². The quantitative estimate of drug-likeness (QED) is 0.0406. The van der Waals surface area contributed by atoms with Crippen molar-refractivity contribution in [2.75, 3.05) is 95.3 Å². The van der Waals surface area contributed by atoms with Gasteiger partial charge in [0.1, 0.15) is 0 Å². The van der Waals surface area contributed by atoms with Gasteiger partial charge in [0.25, 0.3) is 0 Å². The highest BCUT2D eigenvalue weighted by Gasteiger charge is 2.21. The first kappa shape index (κ1) is 57.6. The van der Waals surface area contributed by atoms with Gasteiger partial charge in [0.15, 0.2) is 69.1 Å². The summed E-state index contributed by atoms with van der Waals surface area (Å²) in [4.78, 5) is 74.4. The van der Waals surface area contributed by atoms with Gasteiger partial charge >= 0.3 is 11.5 Å². The average molecular weight is 1030 g/mol. The summed E-state index contributed by atoms with van der Waals surface area (Å²) in [5.74, 6) is 1.91. The number of ketones is 4. The first-order chi connectivity index (χ1) is 35.2. The molecule has 1 N–H and O–H groups in total. The summed E-state index contributed by atoms with van der Waals surface area (Å²) in [6, 6.07) is 20.1. The van der Waals surface area contributed by atoms with E-state index in [0.717, 1.165) is 11.1 Å². The van der Waals surface area contributed by atoms with Gasteiger partial charge in [0.2, 0.25) is 0 Å². The zero-order valence-corrected chi connectivity index (χ0v) is 42.2. The Kier molecular flexibility index (Phi) is 24.3. The van der Waals surface area contributed by atoms with Crippen LogP contribution in [0.2, 0.25) is 0 Å². The number of ether oxygens (including phenoxy) is 9. The molecule has 2 saturated heterocycles. The molecule has 2 aliphatic rings. The molecule has 0 aromatic heterocycles. The maximum Gasteiger partial charge on any atom is 0.415 e. The highest BCUT2D eigenvalue weighted by molar-refractivity contribution is 6.62. The van der Waals surface area contributed by atoms with Crippen LogP contribution in [0.1, 0.15) is 35.1 Å². The number of phenolic OH excluding ortho intramolecular Hbond substituents is 1. The lowest BCUT2D eigenvalue weighted by molar-refractivity contribution is -0.123. The first-order valence-corrected chi connectivity index (χ1v) is 23.0. The molecule has 0 spiro atoms. The number of morpholine rings is 2. The van der Waals surface area contributed by atoms with E-state index >= 15 is 0 Å². The average Bonchev–Trinajstić information content (AvgIpc) is 3.41. The Hall–Kier alpha value is -7.93. The molecule has 4 aromatic carbocycles. The van der Waals surface area contributed by atoms with Gasteiger partial charge in [-0.15, -0.1) is 0 Å². The van der Waals surface area contributed by atoms with Crippen LogP contribution in [0.15, 0.2) is 97.1 Å². The highest BCUT2D eigenvalue weighted by atomic mass is 35.5. The van der Waals surface area contributed by atoms with Crippen LogP contribution in [-0.4, -0.2) is 145 Å². The van der Waals surface area contributed by atoms with Crippen molar-refractivity contribution in [3.05, 3.63) is 119 Å². The van der Waals surface area contributed by atoms with Gasteiger partial charge in [-0.05, 0) is 107 Å².